The van der Waals surface area contributed by atoms with E-state index in [-0.39, 0.29) is 12.5 Å². The number of carbonyl (C=O) groups is 2. The first kappa shape index (κ1) is 18.9. The summed E-state index contributed by atoms with van der Waals surface area (Å²) in [5.41, 5.74) is 7.98. The fourth-order valence-corrected chi connectivity index (χ4v) is 3.13. The minimum atomic E-state index is -0.764. The first-order chi connectivity index (χ1) is 12.8. The highest BCUT2D eigenvalue weighted by atomic mass is 16.6. The van der Waals surface area contributed by atoms with E-state index in [1.54, 1.807) is 20.8 Å². The Morgan fingerprint density at radius 3 is 2.30 bits per heavy atom. The molecule has 6 heteroatoms. The molecule has 1 aliphatic heterocycles. The number of ether oxygens (including phenoxy) is 1. The predicted octanol–water partition coefficient (Wildman–Crippen LogP) is 2.84. The number of carbonyl (C=O) groups excluding carboxylic acids is 2. The molecule has 6 nitrogen and oxygen atoms in total. The van der Waals surface area contributed by atoms with E-state index in [4.69, 9.17) is 10.5 Å². The molecule has 1 atom stereocenters. The molecule has 0 saturated carbocycles. The quantitative estimate of drug-likeness (QED) is 0.844. The fourth-order valence-electron chi connectivity index (χ4n) is 3.13. The molecule has 142 valence electrons. The van der Waals surface area contributed by atoms with Gasteiger partial charge in [-0.1, -0.05) is 30.3 Å². The summed E-state index contributed by atoms with van der Waals surface area (Å²) < 4.78 is 5.40. The maximum atomic E-state index is 13.0. The van der Waals surface area contributed by atoms with Gasteiger partial charge >= 0.3 is 5.97 Å². The number of benzene rings is 2. The van der Waals surface area contributed by atoms with Crippen molar-refractivity contribution in [3.8, 4) is 0 Å². The first-order valence-electron chi connectivity index (χ1n) is 8.97. The lowest BCUT2D eigenvalue weighted by Crippen LogP contribution is -2.48. The number of nitrogens with two attached hydrogens (primary N) is 1. The molecule has 1 heterocycles. The summed E-state index contributed by atoms with van der Waals surface area (Å²) in [6, 6.07) is 16.5. The molecule has 0 spiro atoms. The molecule has 0 fully saturated rings. The lowest BCUT2D eigenvalue weighted by atomic mass is 10.2. The maximum Gasteiger partial charge on any atom is 0.326 e. The van der Waals surface area contributed by atoms with Crippen LogP contribution < -0.4 is 15.5 Å². The zero-order valence-corrected chi connectivity index (χ0v) is 15.9. The maximum absolute atomic E-state index is 13.0. The van der Waals surface area contributed by atoms with Gasteiger partial charge in [-0.2, -0.15) is 0 Å². The zero-order chi connectivity index (χ0) is 19.6. The second-order valence-corrected chi connectivity index (χ2v) is 7.55. The molecular formula is C21H25N3O3. The van der Waals surface area contributed by atoms with E-state index in [1.807, 2.05) is 59.5 Å². The van der Waals surface area contributed by atoms with Crippen LogP contribution in [0.1, 0.15) is 20.8 Å². The van der Waals surface area contributed by atoms with Crippen LogP contribution in [0, 0.1) is 0 Å². The van der Waals surface area contributed by atoms with Crippen LogP contribution in [0.5, 0.6) is 0 Å². The minimum absolute atomic E-state index is 0.177. The van der Waals surface area contributed by atoms with Crippen molar-refractivity contribution in [3.63, 3.8) is 0 Å². The molecule has 2 aromatic rings. The highest BCUT2D eigenvalue weighted by Gasteiger charge is 2.34. The van der Waals surface area contributed by atoms with Gasteiger partial charge in [0.25, 0.3) is 0 Å². The Balaban J connectivity index is 2.00. The molecule has 0 aliphatic carbocycles. The summed E-state index contributed by atoms with van der Waals surface area (Å²) in [5.74, 6) is -0.766. The average Bonchev–Trinajstić information content (AvgIpc) is 2.72. The monoisotopic (exact) mass is 367 g/mol. The molecule has 1 aliphatic rings. The van der Waals surface area contributed by atoms with Gasteiger partial charge in [0.1, 0.15) is 18.2 Å². The number of rotatable bonds is 3. The molecule has 0 aromatic heterocycles. The highest BCUT2D eigenvalue weighted by Crippen LogP contribution is 2.36. The first-order valence-corrected chi connectivity index (χ1v) is 8.97. The summed E-state index contributed by atoms with van der Waals surface area (Å²) in [7, 11) is 0. The Hall–Kier alpha value is -2.86. The van der Waals surface area contributed by atoms with Crippen molar-refractivity contribution >= 4 is 28.9 Å². The smallest absolute Gasteiger partial charge is 0.326 e. The van der Waals surface area contributed by atoms with Gasteiger partial charge in [0.2, 0.25) is 5.91 Å². The summed E-state index contributed by atoms with van der Waals surface area (Å²) >= 11 is 0. The number of anilines is 3. The van der Waals surface area contributed by atoms with Crippen LogP contribution >= 0.6 is 0 Å². The van der Waals surface area contributed by atoms with Crippen LogP contribution in [0.3, 0.4) is 0 Å². The van der Waals surface area contributed by atoms with Crippen LogP contribution in [0.25, 0.3) is 0 Å². The number of para-hydroxylation sites is 3. The summed E-state index contributed by atoms with van der Waals surface area (Å²) in [6.45, 7) is 5.54. The predicted molar refractivity (Wildman–Crippen MR) is 106 cm³/mol. The van der Waals surface area contributed by atoms with Gasteiger partial charge in [-0.25, -0.2) is 0 Å². The lowest BCUT2D eigenvalue weighted by Gasteiger charge is -2.27. The average molecular weight is 367 g/mol. The number of nitrogens with zero attached hydrogens (tertiary/aromatic N) is 2. The van der Waals surface area contributed by atoms with Crippen molar-refractivity contribution in [1.82, 2.24) is 0 Å². The van der Waals surface area contributed by atoms with Gasteiger partial charge in [-0.15, -0.1) is 0 Å². The molecule has 27 heavy (non-hydrogen) atoms. The molecule has 2 aromatic carbocycles. The Morgan fingerprint density at radius 1 is 1.07 bits per heavy atom. The Morgan fingerprint density at radius 2 is 1.67 bits per heavy atom. The van der Waals surface area contributed by atoms with Crippen LogP contribution in [0.15, 0.2) is 54.6 Å². The SMILES string of the molecule is CC(C)(C)OC(=O)CN1C(=O)C(N)CN(c2ccccc2)c2ccccc21. The van der Waals surface area contributed by atoms with Crippen molar-refractivity contribution in [1.29, 1.82) is 0 Å². The van der Waals surface area contributed by atoms with Crippen molar-refractivity contribution < 1.29 is 14.3 Å². The minimum Gasteiger partial charge on any atom is -0.459 e. The van der Waals surface area contributed by atoms with Gasteiger partial charge in [-0.3, -0.25) is 14.5 Å². The van der Waals surface area contributed by atoms with Crippen LogP contribution in [-0.2, 0) is 14.3 Å². The Bertz CT molecular complexity index is 830. The van der Waals surface area contributed by atoms with Gasteiger partial charge in [0, 0.05) is 12.2 Å². The normalized spacial score (nSPS) is 17.3. The largest absolute Gasteiger partial charge is 0.459 e. The number of esters is 1. The molecule has 2 N–H and O–H groups in total. The number of amides is 1. The van der Waals surface area contributed by atoms with Crippen LogP contribution in [0.2, 0.25) is 0 Å². The van der Waals surface area contributed by atoms with E-state index in [2.05, 4.69) is 0 Å². The summed E-state index contributed by atoms with van der Waals surface area (Å²) in [5, 5.41) is 0. The number of hydrogen-bond acceptors (Lipinski definition) is 5. The molecular weight excluding hydrogens is 342 g/mol. The zero-order valence-electron chi connectivity index (χ0n) is 15.9. The van der Waals surface area contributed by atoms with E-state index < -0.39 is 17.6 Å². The van der Waals surface area contributed by atoms with Crippen molar-refractivity contribution in [2.75, 3.05) is 22.9 Å². The van der Waals surface area contributed by atoms with Gasteiger partial charge in [0.15, 0.2) is 0 Å². The molecule has 0 radical (unpaired) electrons. The van der Waals surface area contributed by atoms with E-state index in [0.717, 1.165) is 11.4 Å². The Kier molecular flexibility index (Phi) is 5.19. The number of fused-ring (bicyclic) bond motifs is 1. The fraction of sp³-hybridized carbons (Fsp3) is 0.333. The van der Waals surface area contributed by atoms with E-state index >= 15 is 0 Å². The van der Waals surface area contributed by atoms with Crippen molar-refractivity contribution in [2.45, 2.75) is 32.4 Å². The Labute approximate surface area is 159 Å². The summed E-state index contributed by atoms with van der Waals surface area (Å²) in [4.78, 5) is 28.8. The summed E-state index contributed by atoms with van der Waals surface area (Å²) in [6.07, 6.45) is 0. The molecule has 0 bridgehead atoms. The molecule has 1 unspecified atom stereocenters. The lowest BCUT2D eigenvalue weighted by molar-refractivity contribution is -0.153. The third kappa shape index (κ3) is 4.28. The second kappa shape index (κ2) is 7.40. The topological polar surface area (TPSA) is 75.9 Å². The van der Waals surface area contributed by atoms with Crippen LogP contribution in [0.4, 0.5) is 17.1 Å². The van der Waals surface area contributed by atoms with E-state index in [0.29, 0.717) is 12.2 Å². The standard InChI is InChI=1S/C21H25N3O3/c1-21(2,3)27-19(25)14-24-18-12-8-7-11-17(18)23(13-16(22)20(24)26)15-9-5-4-6-10-15/h4-12,16H,13-14,22H2,1-3H3. The van der Waals surface area contributed by atoms with E-state index in [9.17, 15) is 9.59 Å². The van der Waals surface area contributed by atoms with Gasteiger partial charge in [-0.05, 0) is 45.0 Å². The molecule has 1 amide bonds. The molecule has 0 saturated heterocycles. The van der Waals surface area contributed by atoms with Crippen molar-refractivity contribution in [3.05, 3.63) is 54.6 Å². The van der Waals surface area contributed by atoms with Crippen molar-refractivity contribution in [2.24, 2.45) is 5.73 Å². The number of hydrogen-bond donors (Lipinski definition) is 1. The third-order valence-corrected chi connectivity index (χ3v) is 4.20. The highest BCUT2D eigenvalue weighted by molar-refractivity contribution is 6.05. The van der Waals surface area contributed by atoms with Gasteiger partial charge < -0.3 is 15.4 Å². The third-order valence-electron chi connectivity index (χ3n) is 4.20. The second-order valence-electron chi connectivity index (χ2n) is 7.55. The molecule has 3 rings (SSSR count). The van der Waals surface area contributed by atoms with Crippen LogP contribution in [-0.4, -0.2) is 36.6 Å². The van der Waals surface area contributed by atoms with E-state index in [1.165, 1.54) is 4.90 Å². The van der Waals surface area contributed by atoms with Gasteiger partial charge in [0.05, 0.1) is 11.4 Å².